The van der Waals surface area contributed by atoms with Crippen molar-refractivity contribution in [1.29, 1.82) is 0 Å². The van der Waals surface area contributed by atoms with E-state index in [2.05, 4.69) is 39.8 Å². The van der Waals surface area contributed by atoms with Crippen molar-refractivity contribution in [1.82, 2.24) is 15.6 Å². The summed E-state index contributed by atoms with van der Waals surface area (Å²) in [7, 11) is 0. The van der Waals surface area contributed by atoms with Gasteiger partial charge in [0.05, 0.1) is 10.7 Å². The van der Waals surface area contributed by atoms with E-state index in [1.807, 2.05) is 0 Å². The van der Waals surface area contributed by atoms with Crippen molar-refractivity contribution in [3.8, 4) is 0 Å². The molecular weight excluding hydrogens is 268 g/mol. The number of aryl methyl sites for hydroxylation is 1. The van der Waals surface area contributed by atoms with Crippen LogP contribution in [0.5, 0.6) is 0 Å². The maximum absolute atomic E-state index is 4.67. The molecule has 0 spiro atoms. The van der Waals surface area contributed by atoms with E-state index in [1.165, 1.54) is 36.4 Å². The van der Waals surface area contributed by atoms with Crippen molar-refractivity contribution in [2.45, 2.75) is 58.4 Å². The number of rotatable bonds is 6. The van der Waals surface area contributed by atoms with E-state index in [4.69, 9.17) is 0 Å². The van der Waals surface area contributed by atoms with Crippen LogP contribution in [0.2, 0.25) is 0 Å². The quantitative estimate of drug-likeness (QED) is 0.626. The second kappa shape index (κ2) is 8.25. The minimum atomic E-state index is 0.610. The van der Waals surface area contributed by atoms with Crippen molar-refractivity contribution in [2.75, 3.05) is 13.1 Å². The summed E-state index contributed by atoms with van der Waals surface area (Å²) < 4.78 is 0. The van der Waals surface area contributed by atoms with Gasteiger partial charge in [-0.2, -0.15) is 0 Å². The van der Waals surface area contributed by atoms with Crippen LogP contribution in [0.1, 0.15) is 50.2 Å². The highest BCUT2D eigenvalue weighted by Gasteiger charge is 2.15. The lowest BCUT2D eigenvalue weighted by Gasteiger charge is -2.16. The Bertz CT molecular complexity index is 421. The van der Waals surface area contributed by atoms with Gasteiger partial charge < -0.3 is 10.6 Å². The number of hydrogen-bond donors (Lipinski definition) is 2. The largest absolute Gasteiger partial charge is 0.357 e. The summed E-state index contributed by atoms with van der Waals surface area (Å²) in [6, 6.07) is 0.610. The highest BCUT2D eigenvalue weighted by atomic mass is 32.1. The summed E-state index contributed by atoms with van der Waals surface area (Å²) in [5, 5.41) is 10.3. The Morgan fingerprint density at radius 3 is 2.85 bits per heavy atom. The predicted molar refractivity (Wildman–Crippen MR) is 86.6 cm³/mol. The lowest BCUT2D eigenvalue weighted by Crippen LogP contribution is -2.42. The van der Waals surface area contributed by atoms with E-state index in [0.717, 1.165) is 31.9 Å². The second-order valence-electron chi connectivity index (χ2n) is 5.22. The molecule has 1 aliphatic rings. The lowest BCUT2D eigenvalue weighted by atomic mass is 10.2. The second-order valence-corrected chi connectivity index (χ2v) is 6.17. The van der Waals surface area contributed by atoms with E-state index in [-0.39, 0.29) is 0 Å². The highest BCUT2D eigenvalue weighted by Crippen LogP contribution is 2.17. The van der Waals surface area contributed by atoms with E-state index in [0.29, 0.717) is 6.04 Å². The maximum atomic E-state index is 4.67. The number of thiazole rings is 1. The molecule has 0 bridgehead atoms. The third-order valence-electron chi connectivity index (χ3n) is 3.58. The van der Waals surface area contributed by atoms with Gasteiger partial charge in [-0.25, -0.2) is 4.98 Å². The maximum Gasteiger partial charge on any atom is 0.191 e. The molecule has 0 atom stereocenters. The van der Waals surface area contributed by atoms with Crippen molar-refractivity contribution in [2.24, 2.45) is 4.99 Å². The van der Waals surface area contributed by atoms with Crippen LogP contribution in [-0.2, 0) is 12.8 Å². The summed E-state index contributed by atoms with van der Waals surface area (Å²) in [4.78, 5) is 9.25. The molecule has 1 aliphatic carbocycles. The van der Waals surface area contributed by atoms with Crippen LogP contribution >= 0.6 is 11.3 Å². The zero-order chi connectivity index (χ0) is 14.2. The SMILES string of the molecule is CCNC(=NCCc1csc(CC)n1)NC1CCCC1. The topological polar surface area (TPSA) is 49.3 Å². The van der Waals surface area contributed by atoms with Crippen molar-refractivity contribution >= 4 is 17.3 Å². The van der Waals surface area contributed by atoms with Crippen LogP contribution in [-0.4, -0.2) is 30.1 Å². The molecule has 1 saturated carbocycles. The first-order valence-corrected chi connectivity index (χ1v) is 8.68. The number of nitrogens with zero attached hydrogens (tertiary/aromatic N) is 2. The van der Waals surface area contributed by atoms with Crippen molar-refractivity contribution in [3.05, 3.63) is 16.1 Å². The lowest BCUT2D eigenvalue weighted by molar-refractivity contribution is 0.614. The fourth-order valence-corrected chi connectivity index (χ4v) is 3.27. The van der Waals surface area contributed by atoms with Gasteiger partial charge in [0.15, 0.2) is 5.96 Å². The van der Waals surface area contributed by atoms with Crippen LogP contribution in [0.25, 0.3) is 0 Å². The normalized spacial score (nSPS) is 16.6. The summed E-state index contributed by atoms with van der Waals surface area (Å²) in [6.45, 7) is 5.97. The Balaban J connectivity index is 1.81. The Morgan fingerprint density at radius 2 is 2.20 bits per heavy atom. The van der Waals surface area contributed by atoms with Gasteiger partial charge in [-0.15, -0.1) is 11.3 Å². The van der Waals surface area contributed by atoms with Crippen LogP contribution in [0.15, 0.2) is 10.4 Å². The average molecular weight is 294 g/mol. The number of guanidine groups is 1. The third-order valence-corrected chi connectivity index (χ3v) is 4.62. The van der Waals surface area contributed by atoms with E-state index in [9.17, 15) is 0 Å². The molecule has 20 heavy (non-hydrogen) atoms. The Kier molecular flexibility index (Phi) is 6.30. The van der Waals surface area contributed by atoms with Gasteiger partial charge in [0.1, 0.15) is 0 Å². The summed E-state index contributed by atoms with van der Waals surface area (Å²) in [5.41, 5.74) is 1.17. The van der Waals surface area contributed by atoms with Gasteiger partial charge in [-0.3, -0.25) is 4.99 Å². The molecule has 112 valence electrons. The first kappa shape index (κ1) is 15.3. The number of aromatic nitrogens is 1. The summed E-state index contributed by atoms with van der Waals surface area (Å²) in [6.07, 6.45) is 7.19. The van der Waals surface area contributed by atoms with Gasteiger partial charge in [0, 0.05) is 30.9 Å². The molecule has 0 saturated heterocycles. The van der Waals surface area contributed by atoms with Crippen LogP contribution in [0, 0.1) is 0 Å². The van der Waals surface area contributed by atoms with Gasteiger partial charge in [-0.05, 0) is 26.2 Å². The van der Waals surface area contributed by atoms with Crippen molar-refractivity contribution in [3.63, 3.8) is 0 Å². The molecule has 0 amide bonds. The molecule has 1 fully saturated rings. The average Bonchev–Trinajstić information content (AvgIpc) is 3.10. The molecule has 0 aromatic carbocycles. The molecule has 0 unspecified atom stereocenters. The molecule has 0 radical (unpaired) electrons. The molecular formula is C15H26N4S. The van der Waals surface area contributed by atoms with Gasteiger partial charge in [0.25, 0.3) is 0 Å². The molecule has 5 heteroatoms. The fourth-order valence-electron chi connectivity index (χ4n) is 2.49. The summed E-state index contributed by atoms with van der Waals surface area (Å²) in [5.74, 6) is 0.963. The molecule has 0 aliphatic heterocycles. The summed E-state index contributed by atoms with van der Waals surface area (Å²) >= 11 is 1.75. The predicted octanol–water partition coefficient (Wildman–Crippen LogP) is 2.75. The molecule has 4 nitrogen and oxygen atoms in total. The van der Waals surface area contributed by atoms with Crippen LogP contribution in [0.3, 0.4) is 0 Å². The smallest absolute Gasteiger partial charge is 0.191 e. The van der Waals surface area contributed by atoms with Gasteiger partial charge >= 0.3 is 0 Å². The van der Waals surface area contributed by atoms with E-state index < -0.39 is 0 Å². The standard InChI is InChI=1S/C15H26N4S/c1-3-14-18-13(11-20-14)9-10-17-15(16-4-2)19-12-7-5-6-8-12/h11-12H,3-10H2,1-2H3,(H2,16,17,19). The first-order valence-electron chi connectivity index (χ1n) is 7.80. The Labute approximate surface area is 126 Å². The van der Waals surface area contributed by atoms with Gasteiger partial charge in [-0.1, -0.05) is 19.8 Å². The number of hydrogen-bond acceptors (Lipinski definition) is 3. The van der Waals surface area contributed by atoms with Crippen LogP contribution in [0.4, 0.5) is 0 Å². The van der Waals surface area contributed by atoms with E-state index >= 15 is 0 Å². The van der Waals surface area contributed by atoms with Crippen LogP contribution < -0.4 is 10.6 Å². The molecule has 1 aromatic rings. The molecule has 2 rings (SSSR count). The third kappa shape index (κ3) is 4.78. The van der Waals surface area contributed by atoms with Crippen molar-refractivity contribution < 1.29 is 0 Å². The highest BCUT2D eigenvalue weighted by molar-refractivity contribution is 7.09. The molecule has 1 aromatic heterocycles. The first-order chi connectivity index (χ1) is 9.81. The zero-order valence-corrected chi connectivity index (χ0v) is 13.4. The molecule has 2 N–H and O–H groups in total. The minimum Gasteiger partial charge on any atom is -0.357 e. The Morgan fingerprint density at radius 1 is 1.40 bits per heavy atom. The Hall–Kier alpha value is -1.10. The minimum absolute atomic E-state index is 0.610. The fraction of sp³-hybridized carbons (Fsp3) is 0.733. The van der Waals surface area contributed by atoms with E-state index in [1.54, 1.807) is 11.3 Å². The number of aliphatic imine (C=N–C) groups is 1. The zero-order valence-electron chi connectivity index (χ0n) is 12.6. The number of nitrogens with one attached hydrogen (secondary N) is 2. The monoisotopic (exact) mass is 294 g/mol. The molecule has 1 heterocycles. The van der Waals surface area contributed by atoms with Gasteiger partial charge in [0.2, 0.25) is 0 Å².